The normalized spacial score (nSPS) is 11.4. The van der Waals surface area contributed by atoms with Crippen molar-refractivity contribution >= 4 is 23.2 Å². The van der Waals surface area contributed by atoms with Gasteiger partial charge in [-0.1, -0.05) is 25.4 Å². The first-order valence-electron chi connectivity index (χ1n) is 4.26. The van der Waals surface area contributed by atoms with Crippen molar-refractivity contribution < 1.29 is 0 Å². The first kappa shape index (κ1) is 9.21. The van der Waals surface area contributed by atoms with Crippen LogP contribution < -0.4 is 5.73 Å². The van der Waals surface area contributed by atoms with Gasteiger partial charge in [0, 0.05) is 5.56 Å². The summed E-state index contributed by atoms with van der Waals surface area (Å²) in [4.78, 5) is 8.01. The van der Waals surface area contributed by atoms with Gasteiger partial charge in [-0.2, -0.15) is 19.6 Å². The number of rotatable bonds is 1. The van der Waals surface area contributed by atoms with Crippen LogP contribution in [0.5, 0.6) is 0 Å². The van der Waals surface area contributed by atoms with Crippen LogP contribution in [0, 0.1) is 0 Å². The number of nitrogen functional groups attached to an aromatic ring is 1. The molecule has 0 radical (unpaired) electrons. The Hall–Kier alpha value is -1.36. The molecule has 0 aliphatic rings. The van der Waals surface area contributed by atoms with Gasteiger partial charge in [0.15, 0.2) is 0 Å². The molecule has 0 bridgehead atoms. The minimum Gasteiger partial charge on any atom is -0.383 e. The van der Waals surface area contributed by atoms with Crippen molar-refractivity contribution in [1.29, 1.82) is 0 Å². The van der Waals surface area contributed by atoms with Crippen molar-refractivity contribution in [1.82, 2.24) is 19.6 Å². The number of nitrogens with zero attached hydrogens (tertiary/aromatic N) is 4. The van der Waals surface area contributed by atoms with Crippen LogP contribution >= 0.6 is 11.6 Å². The van der Waals surface area contributed by atoms with Crippen LogP contribution in [0.2, 0.25) is 5.15 Å². The molecular formula is C8H10ClN5. The Morgan fingerprint density at radius 1 is 1.50 bits per heavy atom. The van der Waals surface area contributed by atoms with Gasteiger partial charge in [0.25, 0.3) is 5.78 Å². The average Bonchev–Trinajstić information content (AvgIpc) is 2.50. The quantitative estimate of drug-likeness (QED) is 0.726. The summed E-state index contributed by atoms with van der Waals surface area (Å²) in [5, 5.41) is 4.36. The molecule has 74 valence electrons. The topological polar surface area (TPSA) is 69.1 Å². The Morgan fingerprint density at radius 3 is 2.86 bits per heavy atom. The highest BCUT2D eigenvalue weighted by atomic mass is 35.5. The molecule has 14 heavy (non-hydrogen) atoms. The van der Waals surface area contributed by atoms with Crippen molar-refractivity contribution in [3.05, 3.63) is 17.0 Å². The van der Waals surface area contributed by atoms with Crippen molar-refractivity contribution in [2.45, 2.75) is 19.8 Å². The van der Waals surface area contributed by atoms with Crippen molar-refractivity contribution in [2.24, 2.45) is 0 Å². The summed E-state index contributed by atoms with van der Waals surface area (Å²) in [6.07, 6.45) is 1.40. The van der Waals surface area contributed by atoms with Crippen LogP contribution in [-0.2, 0) is 0 Å². The number of hydrogen-bond donors (Lipinski definition) is 1. The molecule has 2 heterocycles. The van der Waals surface area contributed by atoms with E-state index in [1.807, 2.05) is 13.8 Å². The maximum Gasteiger partial charge on any atom is 0.255 e. The highest BCUT2D eigenvalue weighted by molar-refractivity contribution is 6.30. The van der Waals surface area contributed by atoms with E-state index in [9.17, 15) is 0 Å². The summed E-state index contributed by atoms with van der Waals surface area (Å²) in [5.74, 6) is 1.15. The van der Waals surface area contributed by atoms with Crippen molar-refractivity contribution in [3.8, 4) is 0 Å². The molecule has 0 unspecified atom stereocenters. The number of hydrogen-bond acceptors (Lipinski definition) is 4. The fourth-order valence-electron chi connectivity index (χ4n) is 1.38. The predicted molar refractivity (Wildman–Crippen MR) is 54.3 cm³/mol. The Balaban J connectivity index is 2.82. The van der Waals surface area contributed by atoms with E-state index in [1.165, 1.54) is 10.8 Å². The van der Waals surface area contributed by atoms with Gasteiger partial charge in [0.05, 0.1) is 0 Å². The number of anilines is 1. The summed E-state index contributed by atoms with van der Waals surface area (Å²) in [6, 6.07) is 0. The molecule has 0 aliphatic heterocycles. The lowest BCUT2D eigenvalue weighted by Crippen LogP contribution is -2.07. The van der Waals surface area contributed by atoms with Crippen molar-refractivity contribution in [3.63, 3.8) is 0 Å². The van der Waals surface area contributed by atoms with E-state index >= 15 is 0 Å². The fourth-order valence-corrected chi connectivity index (χ4v) is 1.77. The molecule has 5 nitrogen and oxygen atoms in total. The Kier molecular flexibility index (Phi) is 2.03. The minimum absolute atomic E-state index is 0.212. The molecule has 0 aliphatic carbocycles. The van der Waals surface area contributed by atoms with E-state index in [1.54, 1.807) is 0 Å². The number of nitrogens with two attached hydrogens (primary N) is 1. The summed E-state index contributed by atoms with van der Waals surface area (Å²) in [5.41, 5.74) is 6.71. The van der Waals surface area contributed by atoms with Crippen LogP contribution in [0.1, 0.15) is 25.3 Å². The van der Waals surface area contributed by atoms with Crippen molar-refractivity contribution in [2.75, 3.05) is 5.73 Å². The molecule has 2 rings (SSSR count). The monoisotopic (exact) mass is 211 g/mol. The number of aromatic nitrogens is 4. The predicted octanol–water partition coefficient (Wildman–Crippen LogP) is 1.48. The Bertz CT molecular complexity index is 476. The molecule has 0 spiro atoms. The zero-order valence-corrected chi connectivity index (χ0v) is 8.65. The van der Waals surface area contributed by atoms with Gasteiger partial charge in [0.2, 0.25) is 0 Å². The second kappa shape index (κ2) is 3.09. The van der Waals surface area contributed by atoms with Gasteiger partial charge in [-0.15, -0.1) is 0 Å². The molecule has 0 saturated heterocycles. The van der Waals surface area contributed by atoms with E-state index in [2.05, 4.69) is 15.1 Å². The smallest absolute Gasteiger partial charge is 0.255 e. The second-order valence-electron chi connectivity index (χ2n) is 3.33. The van der Waals surface area contributed by atoms with E-state index in [-0.39, 0.29) is 5.92 Å². The van der Waals surface area contributed by atoms with Gasteiger partial charge in [-0.05, 0) is 5.92 Å². The van der Waals surface area contributed by atoms with Gasteiger partial charge in [-0.3, -0.25) is 0 Å². The van der Waals surface area contributed by atoms with Crippen LogP contribution in [0.4, 0.5) is 5.82 Å². The first-order chi connectivity index (χ1) is 6.61. The summed E-state index contributed by atoms with van der Waals surface area (Å²) in [6.45, 7) is 4.00. The average molecular weight is 212 g/mol. The molecule has 0 amide bonds. The van der Waals surface area contributed by atoms with E-state index in [0.29, 0.717) is 16.7 Å². The third-order valence-electron chi connectivity index (χ3n) is 2.03. The lowest BCUT2D eigenvalue weighted by molar-refractivity contribution is 0.830. The zero-order chi connectivity index (χ0) is 10.3. The third-order valence-corrected chi connectivity index (χ3v) is 2.32. The molecule has 6 heteroatoms. The molecule has 2 N–H and O–H groups in total. The summed E-state index contributed by atoms with van der Waals surface area (Å²) < 4.78 is 1.49. The van der Waals surface area contributed by atoms with Crippen LogP contribution in [0.3, 0.4) is 0 Å². The largest absolute Gasteiger partial charge is 0.383 e. The summed E-state index contributed by atoms with van der Waals surface area (Å²) >= 11 is 5.99. The van der Waals surface area contributed by atoms with E-state index in [0.717, 1.165) is 5.56 Å². The number of halogens is 1. The highest BCUT2D eigenvalue weighted by Gasteiger charge is 2.15. The van der Waals surface area contributed by atoms with Gasteiger partial charge in [-0.25, -0.2) is 0 Å². The molecule has 0 aromatic carbocycles. The fraction of sp³-hybridized carbons (Fsp3) is 0.375. The zero-order valence-electron chi connectivity index (χ0n) is 7.90. The molecule has 0 atom stereocenters. The number of fused-ring (bicyclic) bond motifs is 1. The molecule has 0 fully saturated rings. The Morgan fingerprint density at radius 2 is 2.21 bits per heavy atom. The molecular weight excluding hydrogens is 202 g/mol. The van der Waals surface area contributed by atoms with Gasteiger partial charge in [0.1, 0.15) is 17.3 Å². The lowest BCUT2D eigenvalue weighted by Gasteiger charge is -2.10. The molecule has 0 saturated carbocycles. The SMILES string of the molecule is CC(C)c1c(Cl)nc2ncnn2c1N. The van der Waals surface area contributed by atoms with Gasteiger partial charge >= 0.3 is 0 Å². The van der Waals surface area contributed by atoms with Crippen LogP contribution in [0.25, 0.3) is 5.78 Å². The van der Waals surface area contributed by atoms with Gasteiger partial charge < -0.3 is 5.73 Å². The van der Waals surface area contributed by atoms with E-state index in [4.69, 9.17) is 17.3 Å². The van der Waals surface area contributed by atoms with Crippen LogP contribution in [0.15, 0.2) is 6.33 Å². The first-order valence-corrected chi connectivity index (χ1v) is 4.63. The maximum absolute atomic E-state index is 5.99. The van der Waals surface area contributed by atoms with E-state index < -0.39 is 0 Å². The van der Waals surface area contributed by atoms with Crippen LogP contribution in [-0.4, -0.2) is 19.6 Å². The minimum atomic E-state index is 0.212. The second-order valence-corrected chi connectivity index (χ2v) is 3.69. The highest BCUT2D eigenvalue weighted by Crippen LogP contribution is 2.27. The summed E-state index contributed by atoms with van der Waals surface area (Å²) in [7, 11) is 0. The third kappa shape index (κ3) is 1.21. The molecule has 2 aromatic rings. The lowest BCUT2D eigenvalue weighted by atomic mass is 10.1. The molecule has 2 aromatic heterocycles. The standard InChI is InChI=1S/C8H10ClN5/c1-4(2)5-6(9)13-8-11-3-12-14(8)7(5)10/h3-4H,10H2,1-2H3. The maximum atomic E-state index is 5.99. The Labute approximate surface area is 85.9 Å².